The standard InChI is InChI=1S/C19H24N2O2/c1-20-13-6-10-18(20)16-21(14-7-15-23-2)19(22)12-11-17-8-4-3-5-9-17/h3-6,8-13H,7,14-16H2,1-2H3/b12-11+. The minimum atomic E-state index is 0.0196. The first-order valence-corrected chi connectivity index (χ1v) is 7.82. The van der Waals surface area contributed by atoms with Crippen LogP contribution >= 0.6 is 0 Å². The van der Waals surface area contributed by atoms with Gasteiger partial charge >= 0.3 is 0 Å². The average molecular weight is 312 g/mol. The fraction of sp³-hybridized carbons (Fsp3) is 0.316. The third-order valence-electron chi connectivity index (χ3n) is 3.71. The lowest BCUT2D eigenvalue weighted by Gasteiger charge is -2.21. The normalized spacial score (nSPS) is 11.0. The Hall–Kier alpha value is -2.33. The van der Waals surface area contributed by atoms with Crippen molar-refractivity contribution in [3.8, 4) is 0 Å². The Balaban J connectivity index is 2.04. The maximum absolute atomic E-state index is 12.5. The molecule has 0 unspecified atom stereocenters. The van der Waals surface area contributed by atoms with Gasteiger partial charge in [0, 0.05) is 45.3 Å². The molecule has 1 aromatic carbocycles. The molecule has 0 saturated carbocycles. The number of benzene rings is 1. The third-order valence-corrected chi connectivity index (χ3v) is 3.71. The summed E-state index contributed by atoms with van der Waals surface area (Å²) >= 11 is 0. The molecule has 0 bridgehead atoms. The van der Waals surface area contributed by atoms with E-state index in [0.29, 0.717) is 19.7 Å². The fourth-order valence-corrected chi connectivity index (χ4v) is 2.36. The van der Waals surface area contributed by atoms with Gasteiger partial charge < -0.3 is 14.2 Å². The van der Waals surface area contributed by atoms with Gasteiger partial charge in [0.2, 0.25) is 5.91 Å². The monoisotopic (exact) mass is 312 g/mol. The fourth-order valence-electron chi connectivity index (χ4n) is 2.36. The zero-order valence-corrected chi connectivity index (χ0v) is 13.8. The highest BCUT2D eigenvalue weighted by molar-refractivity contribution is 5.91. The van der Waals surface area contributed by atoms with Crippen molar-refractivity contribution >= 4 is 12.0 Å². The van der Waals surface area contributed by atoms with Crippen LogP contribution in [0.5, 0.6) is 0 Å². The SMILES string of the molecule is COCCCN(Cc1cccn1C)C(=O)/C=C/c1ccccc1. The van der Waals surface area contributed by atoms with Gasteiger partial charge in [0.1, 0.15) is 0 Å². The van der Waals surface area contributed by atoms with Gasteiger partial charge in [-0.15, -0.1) is 0 Å². The molecular weight excluding hydrogens is 288 g/mol. The predicted octanol–water partition coefficient (Wildman–Crippen LogP) is 3.10. The van der Waals surface area contributed by atoms with Crippen LogP contribution in [0.2, 0.25) is 0 Å². The molecule has 0 N–H and O–H groups in total. The van der Waals surface area contributed by atoms with E-state index in [-0.39, 0.29) is 5.91 Å². The smallest absolute Gasteiger partial charge is 0.246 e. The molecule has 0 aliphatic carbocycles. The van der Waals surface area contributed by atoms with E-state index in [4.69, 9.17) is 4.74 Å². The van der Waals surface area contributed by atoms with Gasteiger partial charge in [0.25, 0.3) is 0 Å². The molecule has 2 rings (SSSR count). The molecule has 1 heterocycles. The van der Waals surface area contributed by atoms with Crippen LogP contribution in [0.4, 0.5) is 0 Å². The topological polar surface area (TPSA) is 34.5 Å². The van der Waals surface area contributed by atoms with Gasteiger partial charge in [-0.2, -0.15) is 0 Å². The summed E-state index contributed by atoms with van der Waals surface area (Å²) in [6.07, 6.45) is 6.32. The summed E-state index contributed by atoms with van der Waals surface area (Å²) < 4.78 is 7.14. The van der Waals surface area contributed by atoms with Crippen molar-refractivity contribution < 1.29 is 9.53 Å². The number of amides is 1. The van der Waals surface area contributed by atoms with Crippen molar-refractivity contribution in [1.82, 2.24) is 9.47 Å². The Morgan fingerprint density at radius 3 is 2.65 bits per heavy atom. The molecule has 4 nitrogen and oxygen atoms in total. The first-order valence-electron chi connectivity index (χ1n) is 7.82. The van der Waals surface area contributed by atoms with E-state index in [9.17, 15) is 4.79 Å². The van der Waals surface area contributed by atoms with Crippen molar-refractivity contribution in [3.05, 3.63) is 66.0 Å². The number of hydrogen-bond donors (Lipinski definition) is 0. The maximum Gasteiger partial charge on any atom is 0.246 e. The predicted molar refractivity (Wildman–Crippen MR) is 92.8 cm³/mol. The first-order chi connectivity index (χ1) is 11.2. The van der Waals surface area contributed by atoms with E-state index in [2.05, 4.69) is 0 Å². The second-order valence-electron chi connectivity index (χ2n) is 5.46. The van der Waals surface area contributed by atoms with Crippen molar-refractivity contribution in [2.45, 2.75) is 13.0 Å². The Kier molecular flexibility index (Phi) is 6.63. The maximum atomic E-state index is 12.5. The van der Waals surface area contributed by atoms with E-state index in [1.165, 1.54) is 0 Å². The van der Waals surface area contributed by atoms with Crippen LogP contribution in [0.15, 0.2) is 54.7 Å². The molecule has 0 aliphatic rings. The van der Waals surface area contributed by atoms with E-state index in [1.807, 2.05) is 71.3 Å². The van der Waals surface area contributed by atoms with Crippen molar-refractivity contribution in [2.24, 2.45) is 7.05 Å². The first kappa shape index (κ1) is 17.0. The Morgan fingerprint density at radius 1 is 1.22 bits per heavy atom. The molecular formula is C19H24N2O2. The molecule has 0 spiro atoms. The quantitative estimate of drug-likeness (QED) is 0.554. The molecule has 0 saturated heterocycles. The number of ether oxygens (including phenoxy) is 1. The average Bonchev–Trinajstić information content (AvgIpc) is 2.98. The van der Waals surface area contributed by atoms with Gasteiger partial charge in [-0.25, -0.2) is 0 Å². The number of hydrogen-bond acceptors (Lipinski definition) is 2. The summed E-state index contributed by atoms with van der Waals surface area (Å²) in [4.78, 5) is 14.4. The molecule has 0 radical (unpaired) electrons. The molecule has 23 heavy (non-hydrogen) atoms. The van der Waals surface area contributed by atoms with Crippen LogP contribution in [-0.4, -0.2) is 35.6 Å². The second-order valence-corrected chi connectivity index (χ2v) is 5.46. The molecule has 1 aromatic heterocycles. The van der Waals surface area contributed by atoms with E-state index in [1.54, 1.807) is 13.2 Å². The van der Waals surface area contributed by atoms with Crippen LogP contribution in [0.1, 0.15) is 17.7 Å². The number of rotatable bonds is 8. The van der Waals surface area contributed by atoms with Crippen molar-refractivity contribution in [2.75, 3.05) is 20.3 Å². The van der Waals surface area contributed by atoms with Crippen LogP contribution in [-0.2, 0) is 23.1 Å². The Bertz CT molecular complexity index is 632. The van der Waals surface area contributed by atoms with E-state index >= 15 is 0 Å². The second kappa shape index (κ2) is 8.96. The summed E-state index contributed by atoms with van der Waals surface area (Å²) in [6, 6.07) is 13.9. The zero-order chi connectivity index (χ0) is 16.5. The number of nitrogens with zero attached hydrogens (tertiary/aromatic N) is 2. The zero-order valence-electron chi connectivity index (χ0n) is 13.8. The van der Waals surface area contributed by atoms with E-state index < -0.39 is 0 Å². The highest BCUT2D eigenvalue weighted by atomic mass is 16.5. The summed E-state index contributed by atoms with van der Waals surface area (Å²) in [7, 11) is 3.67. The number of carbonyl (C=O) groups is 1. The van der Waals surface area contributed by atoms with Crippen LogP contribution in [0.25, 0.3) is 6.08 Å². The number of aromatic nitrogens is 1. The van der Waals surface area contributed by atoms with Crippen molar-refractivity contribution in [1.29, 1.82) is 0 Å². The highest BCUT2D eigenvalue weighted by Crippen LogP contribution is 2.08. The lowest BCUT2D eigenvalue weighted by Crippen LogP contribution is -2.31. The van der Waals surface area contributed by atoms with Gasteiger partial charge in [-0.3, -0.25) is 4.79 Å². The molecule has 122 valence electrons. The number of aryl methyl sites for hydroxylation is 1. The van der Waals surface area contributed by atoms with Gasteiger partial charge in [0.15, 0.2) is 0 Å². The molecule has 1 amide bonds. The van der Waals surface area contributed by atoms with Crippen molar-refractivity contribution in [3.63, 3.8) is 0 Å². The molecule has 4 heteroatoms. The van der Waals surface area contributed by atoms with Gasteiger partial charge in [-0.05, 0) is 30.2 Å². The lowest BCUT2D eigenvalue weighted by molar-refractivity contribution is -0.126. The Morgan fingerprint density at radius 2 is 2.00 bits per heavy atom. The van der Waals surface area contributed by atoms with E-state index in [0.717, 1.165) is 17.7 Å². The van der Waals surface area contributed by atoms with Crippen LogP contribution < -0.4 is 0 Å². The highest BCUT2D eigenvalue weighted by Gasteiger charge is 2.12. The largest absolute Gasteiger partial charge is 0.385 e. The van der Waals surface area contributed by atoms with Crippen LogP contribution in [0.3, 0.4) is 0 Å². The molecule has 0 aliphatic heterocycles. The summed E-state index contributed by atoms with van der Waals surface area (Å²) in [5, 5.41) is 0. The van der Waals surface area contributed by atoms with Crippen LogP contribution in [0, 0.1) is 0 Å². The summed E-state index contributed by atoms with van der Waals surface area (Å²) in [5.41, 5.74) is 2.14. The number of methoxy groups -OCH3 is 1. The number of carbonyl (C=O) groups excluding carboxylic acids is 1. The lowest BCUT2D eigenvalue weighted by atomic mass is 10.2. The minimum Gasteiger partial charge on any atom is -0.385 e. The third kappa shape index (κ3) is 5.42. The van der Waals surface area contributed by atoms with Gasteiger partial charge in [-0.1, -0.05) is 30.3 Å². The summed E-state index contributed by atoms with van der Waals surface area (Å²) in [5.74, 6) is 0.0196. The van der Waals surface area contributed by atoms with Gasteiger partial charge in [0.05, 0.1) is 6.54 Å². The Labute approximate surface area is 138 Å². The molecule has 0 atom stereocenters. The minimum absolute atomic E-state index is 0.0196. The molecule has 0 fully saturated rings. The summed E-state index contributed by atoms with van der Waals surface area (Å²) in [6.45, 7) is 1.93. The molecule has 2 aromatic rings.